The van der Waals surface area contributed by atoms with Crippen LogP contribution in [0.25, 0.3) is 0 Å². The number of anilines is 2. The van der Waals surface area contributed by atoms with Crippen LogP contribution in [0.3, 0.4) is 0 Å². The molecule has 1 N–H and O–H groups in total. The second-order valence-corrected chi connectivity index (χ2v) is 8.18. The second-order valence-electron chi connectivity index (χ2n) is 6.48. The number of halogens is 2. The minimum absolute atomic E-state index is 0.0606. The highest BCUT2D eigenvalue weighted by molar-refractivity contribution is 7.14. The summed E-state index contributed by atoms with van der Waals surface area (Å²) in [6.45, 7) is 2.89. The van der Waals surface area contributed by atoms with Gasteiger partial charge in [0.2, 0.25) is 11.8 Å². The minimum atomic E-state index is -0.238. The van der Waals surface area contributed by atoms with Crippen LogP contribution >= 0.6 is 34.5 Å². The summed E-state index contributed by atoms with van der Waals surface area (Å²) in [6, 6.07) is 4.74. The van der Waals surface area contributed by atoms with Crippen LogP contribution in [-0.4, -0.2) is 41.3 Å². The first-order valence-electron chi connectivity index (χ1n) is 8.53. The number of benzene rings is 1. The van der Waals surface area contributed by atoms with Crippen molar-refractivity contribution in [2.24, 2.45) is 0 Å². The van der Waals surface area contributed by atoms with Crippen LogP contribution in [0, 0.1) is 0 Å². The van der Waals surface area contributed by atoms with Crippen molar-refractivity contribution in [3.05, 3.63) is 39.3 Å². The molecule has 0 spiro atoms. The molecule has 2 aromatic rings. The van der Waals surface area contributed by atoms with E-state index in [1.165, 1.54) is 23.2 Å². The van der Waals surface area contributed by atoms with Crippen LogP contribution in [0.15, 0.2) is 23.6 Å². The Morgan fingerprint density at radius 2 is 2.04 bits per heavy atom. The Bertz CT molecular complexity index is 837. The molecule has 0 unspecified atom stereocenters. The van der Waals surface area contributed by atoms with Crippen molar-refractivity contribution in [3.8, 4) is 0 Å². The highest BCUT2D eigenvalue weighted by Crippen LogP contribution is 2.26. The van der Waals surface area contributed by atoms with E-state index >= 15 is 0 Å². The maximum atomic E-state index is 12.7. The summed E-state index contributed by atoms with van der Waals surface area (Å²) in [5.41, 5.74) is 1.44. The van der Waals surface area contributed by atoms with Gasteiger partial charge in [-0.05, 0) is 37.6 Å². The van der Waals surface area contributed by atoms with E-state index in [2.05, 4.69) is 15.2 Å². The van der Waals surface area contributed by atoms with Crippen molar-refractivity contribution in [1.29, 1.82) is 0 Å². The monoisotopic (exact) mass is 426 g/mol. The zero-order valence-electron chi connectivity index (χ0n) is 15.0. The number of nitrogens with zero attached hydrogens (tertiary/aromatic N) is 3. The van der Waals surface area contributed by atoms with Crippen molar-refractivity contribution in [2.45, 2.75) is 32.4 Å². The van der Waals surface area contributed by atoms with Crippen LogP contribution in [0.2, 0.25) is 10.0 Å². The number of thiazole rings is 1. The van der Waals surface area contributed by atoms with Gasteiger partial charge in [0.15, 0.2) is 5.13 Å². The third kappa shape index (κ3) is 4.99. The molecule has 0 radical (unpaired) electrons. The molecule has 27 heavy (non-hydrogen) atoms. The van der Waals surface area contributed by atoms with Gasteiger partial charge in [-0.15, -0.1) is 11.3 Å². The van der Waals surface area contributed by atoms with E-state index in [-0.39, 0.29) is 17.9 Å². The molecule has 0 aliphatic carbocycles. The Labute approximate surface area is 172 Å². The maximum absolute atomic E-state index is 12.7. The number of rotatable bonds is 5. The number of hydrogen-bond donors (Lipinski definition) is 1. The Morgan fingerprint density at radius 3 is 2.70 bits per heavy atom. The van der Waals surface area contributed by atoms with Gasteiger partial charge in [-0.25, -0.2) is 4.98 Å². The quantitative estimate of drug-likeness (QED) is 0.783. The summed E-state index contributed by atoms with van der Waals surface area (Å²) >= 11 is 13.4. The average molecular weight is 427 g/mol. The maximum Gasteiger partial charge on any atom is 0.241 e. The molecule has 1 fully saturated rings. The molecule has 6 nitrogen and oxygen atoms in total. The van der Waals surface area contributed by atoms with E-state index in [1.54, 1.807) is 25.2 Å². The van der Waals surface area contributed by atoms with E-state index in [0.29, 0.717) is 27.4 Å². The van der Waals surface area contributed by atoms with Crippen molar-refractivity contribution in [1.82, 2.24) is 9.88 Å². The van der Waals surface area contributed by atoms with Gasteiger partial charge in [-0.2, -0.15) is 0 Å². The lowest BCUT2D eigenvalue weighted by Crippen LogP contribution is -2.39. The van der Waals surface area contributed by atoms with E-state index < -0.39 is 0 Å². The molecule has 3 rings (SSSR count). The van der Waals surface area contributed by atoms with Crippen LogP contribution in [0.5, 0.6) is 0 Å². The van der Waals surface area contributed by atoms with Crippen molar-refractivity contribution in [2.75, 3.05) is 23.8 Å². The smallest absolute Gasteiger partial charge is 0.241 e. The molecule has 1 aromatic heterocycles. The molecule has 9 heteroatoms. The lowest BCUT2D eigenvalue weighted by atomic mass is 10.2. The van der Waals surface area contributed by atoms with E-state index in [4.69, 9.17) is 23.2 Å². The van der Waals surface area contributed by atoms with Gasteiger partial charge in [0, 0.05) is 41.6 Å². The molecule has 1 aliphatic heterocycles. The summed E-state index contributed by atoms with van der Waals surface area (Å²) in [5.74, 6) is -0.142. The second kappa shape index (κ2) is 8.56. The highest BCUT2D eigenvalue weighted by Gasteiger charge is 2.31. The Balaban J connectivity index is 1.66. The average Bonchev–Trinajstić information content (AvgIpc) is 3.23. The summed E-state index contributed by atoms with van der Waals surface area (Å²) in [4.78, 5) is 32.3. The van der Waals surface area contributed by atoms with Gasteiger partial charge in [0.25, 0.3) is 0 Å². The summed E-state index contributed by atoms with van der Waals surface area (Å²) in [5, 5.41) is 6.44. The first-order valence-corrected chi connectivity index (χ1v) is 10.2. The van der Waals surface area contributed by atoms with Gasteiger partial charge in [-0.1, -0.05) is 23.2 Å². The zero-order valence-corrected chi connectivity index (χ0v) is 17.4. The molecule has 1 saturated heterocycles. The van der Waals surface area contributed by atoms with Gasteiger partial charge in [-0.3, -0.25) is 19.4 Å². The fourth-order valence-electron chi connectivity index (χ4n) is 3.03. The first-order chi connectivity index (χ1) is 12.8. The minimum Gasteiger partial charge on any atom is -0.325 e. The molecule has 2 amide bonds. The highest BCUT2D eigenvalue weighted by atomic mass is 35.5. The fourth-order valence-corrected chi connectivity index (χ4v) is 4.38. The van der Waals surface area contributed by atoms with Gasteiger partial charge in [0.05, 0.1) is 11.7 Å². The number of aromatic nitrogens is 1. The topological polar surface area (TPSA) is 65.5 Å². The number of carbonyl (C=O) groups is 2. The molecule has 0 saturated carbocycles. The molecule has 1 aliphatic rings. The van der Waals surface area contributed by atoms with Crippen LogP contribution < -0.4 is 10.2 Å². The van der Waals surface area contributed by atoms with Gasteiger partial charge >= 0.3 is 0 Å². The Morgan fingerprint density at radius 1 is 1.33 bits per heavy atom. The number of hydrogen-bond acceptors (Lipinski definition) is 5. The molecular weight excluding hydrogens is 407 g/mol. The third-order valence-electron chi connectivity index (χ3n) is 4.46. The third-order valence-corrected chi connectivity index (χ3v) is 5.86. The standard InChI is InChI=1S/C18H20Cl2N4O2S/c1-11(25)23(2)18-22-15(10-27-18)9-24-5-3-4-16(24)17(26)21-14-7-12(19)6-13(20)8-14/h6-8,10,16H,3-5,9H2,1-2H3,(H,21,26)/t16-/m1/s1. The molecule has 1 aromatic carbocycles. The van der Waals surface area contributed by atoms with Crippen LogP contribution in [0.4, 0.5) is 10.8 Å². The molecule has 0 bridgehead atoms. The van der Waals surface area contributed by atoms with Crippen molar-refractivity contribution < 1.29 is 9.59 Å². The number of amides is 2. The molecule has 1 atom stereocenters. The Kier molecular flexibility index (Phi) is 6.37. The fraction of sp³-hybridized carbons (Fsp3) is 0.389. The van der Waals surface area contributed by atoms with Gasteiger partial charge < -0.3 is 5.32 Å². The molecule has 144 valence electrons. The molecular formula is C18H20Cl2N4O2S. The lowest BCUT2D eigenvalue weighted by Gasteiger charge is -2.23. The predicted octanol–water partition coefficient (Wildman–Crippen LogP) is 4.04. The number of likely N-dealkylation sites (tertiary alicyclic amines) is 1. The summed E-state index contributed by atoms with van der Waals surface area (Å²) < 4.78 is 0. The summed E-state index contributed by atoms with van der Waals surface area (Å²) in [6.07, 6.45) is 1.73. The van der Waals surface area contributed by atoms with E-state index in [1.807, 2.05) is 5.38 Å². The van der Waals surface area contributed by atoms with Gasteiger partial charge in [0.1, 0.15) is 0 Å². The molecule has 2 heterocycles. The lowest BCUT2D eigenvalue weighted by molar-refractivity contribution is -0.120. The zero-order chi connectivity index (χ0) is 19.6. The van der Waals surface area contributed by atoms with Crippen molar-refractivity contribution >= 4 is 57.2 Å². The number of carbonyl (C=O) groups excluding carboxylic acids is 2. The van der Waals surface area contributed by atoms with E-state index in [0.717, 1.165) is 25.1 Å². The van der Waals surface area contributed by atoms with E-state index in [9.17, 15) is 9.59 Å². The summed E-state index contributed by atoms with van der Waals surface area (Å²) in [7, 11) is 1.70. The predicted molar refractivity (Wildman–Crippen MR) is 110 cm³/mol. The Hall–Kier alpha value is -1.67. The SMILES string of the molecule is CC(=O)N(C)c1nc(CN2CCC[C@@H]2C(=O)Nc2cc(Cl)cc(Cl)c2)cs1. The number of nitrogens with one attached hydrogen (secondary N) is 1. The normalized spacial score (nSPS) is 17.1. The van der Waals surface area contributed by atoms with Crippen LogP contribution in [0.1, 0.15) is 25.5 Å². The first kappa shape index (κ1) is 20.1. The van der Waals surface area contributed by atoms with Crippen LogP contribution in [-0.2, 0) is 16.1 Å². The van der Waals surface area contributed by atoms with Crippen molar-refractivity contribution in [3.63, 3.8) is 0 Å². The largest absolute Gasteiger partial charge is 0.325 e.